The van der Waals surface area contributed by atoms with Crippen molar-refractivity contribution in [3.05, 3.63) is 88.5 Å². The first-order valence-electron chi connectivity index (χ1n) is 11.3. The van der Waals surface area contributed by atoms with Crippen molar-refractivity contribution in [3.63, 3.8) is 0 Å². The molecule has 0 saturated heterocycles. The van der Waals surface area contributed by atoms with Gasteiger partial charge in [0.2, 0.25) is 15.9 Å². The van der Waals surface area contributed by atoms with Gasteiger partial charge in [-0.1, -0.05) is 54.1 Å². The molecule has 186 valence electrons. The molecule has 0 spiro atoms. The summed E-state index contributed by atoms with van der Waals surface area (Å²) in [5.74, 6) is 0.716. The van der Waals surface area contributed by atoms with E-state index in [-0.39, 0.29) is 24.5 Å². The number of carbonyl (C=O) groups is 1. The van der Waals surface area contributed by atoms with E-state index in [9.17, 15) is 13.2 Å². The van der Waals surface area contributed by atoms with Gasteiger partial charge in [-0.15, -0.1) is 0 Å². The molecule has 3 rings (SSSR count). The van der Waals surface area contributed by atoms with Crippen LogP contribution >= 0.6 is 0 Å². The zero-order valence-corrected chi connectivity index (χ0v) is 21.6. The lowest BCUT2D eigenvalue weighted by molar-refractivity contribution is -0.121. The fraction of sp³-hybridized carbons (Fsp3) is 0.296. The maximum Gasteiger partial charge on any atom is 0.244 e. The van der Waals surface area contributed by atoms with Crippen molar-refractivity contribution in [3.8, 4) is 11.5 Å². The largest absolute Gasteiger partial charge is 0.496 e. The van der Waals surface area contributed by atoms with Crippen molar-refractivity contribution in [1.82, 2.24) is 9.62 Å². The summed E-state index contributed by atoms with van der Waals surface area (Å²) < 4.78 is 39.6. The molecule has 0 aliphatic rings. The van der Waals surface area contributed by atoms with E-state index in [4.69, 9.17) is 9.47 Å². The second kappa shape index (κ2) is 11.4. The summed E-state index contributed by atoms with van der Waals surface area (Å²) in [5.41, 5.74) is 3.75. The zero-order chi connectivity index (χ0) is 25.6. The van der Waals surface area contributed by atoms with Crippen LogP contribution in [0.3, 0.4) is 0 Å². The second-order valence-electron chi connectivity index (χ2n) is 8.40. The Kier molecular flexibility index (Phi) is 8.53. The minimum atomic E-state index is -3.96. The molecule has 3 aromatic carbocycles. The molecular formula is C27H32N2O5S. The van der Waals surface area contributed by atoms with Crippen LogP contribution in [0.2, 0.25) is 0 Å². The van der Waals surface area contributed by atoms with Crippen LogP contribution in [-0.2, 0) is 27.9 Å². The van der Waals surface area contributed by atoms with Crippen molar-refractivity contribution in [2.75, 3.05) is 20.8 Å². The molecule has 0 radical (unpaired) electrons. The first kappa shape index (κ1) is 26.2. The summed E-state index contributed by atoms with van der Waals surface area (Å²) in [7, 11) is -0.874. The lowest BCUT2D eigenvalue weighted by Gasteiger charge is -2.24. The Balaban J connectivity index is 1.89. The number of rotatable bonds is 10. The van der Waals surface area contributed by atoms with E-state index in [1.807, 2.05) is 49.4 Å². The van der Waals surface area contributed by atoms with Gasteiger partial charge in [-0.3, -0.25) is 4.79 Å². The van der Waals surface area contributed by atoms with Gasteiger partial charge in [0, 0.05) is 6.54 Å². The quantitative estimate of drug-likeness (QED) is 0.456. The molecule has 0 bridgehead atoms. The van der Waals surface area contributed by atoms with Crippen LogP contribution in [0.1, 0.15) is 27.8 Å². The Morgan fingerprint density at radius 3 is 2.00 bits per heavy atom. The van der Waals surface area contributed by atoms with Crippen LogP contribution in [0.5, 0.6) is 11.5 Å². The third-order valence-electron chi connectivity index (χ3n) is 5.72. The Morgan fingerprint density at radius 1 is 0.886 bits per heavy atom. The minimum absolute atomic E-state index is 0.0708. The Labute approximate surface area is 207 Å². The average molecular weight is 497 g/mol. The third-order valence-corrected chi connectivity index (χ3v) is 7.81. The van der Waals surface area contributed by atoms with Gasteiger partial charge >= 0.3 is 0 Å². The van der Waals surface area contributed by atoms with Gasteiger partial charge in [-0.05, 0) is 49.6 Å². The number of nitrogens with zero attached hydrogens (tertiary/aromatic N) is 1. The summed E-state index contributed by atoms with van der Waals surface area (Å²) in [4.78, 5) is 13.3. The van der Waals surface area contributed by atoms with E-state index >= 15 is 0 Å². The molecule has 1 amide bonds. The highest BCUT2D eigenvalue weighted by Crippen LogP contribution is 2.29. The number of sulfonamides is 1. The van der Waals surface area contributed by atoms with Gasteiger partial charge in [0.15, 0.2) is 0 Å². The molecule has 0 fully saturated rings. The number of ether oxygens (including phenoxy) is 2. The van der Waals surface area contributed by atoms with E-state index in [0.717, 1.165) is 11.1 Å². The number of hydrogen-bond acceptors (Lipinski definition) is 5. The van der Waals surface area contributed by atoms with Crippen molar-refractivity contribution < 1.29 is 22.7 Å². The van der Waals surface area contributed by atoms with Crippen molar-refractivity contribution in [2.45, 2.75) is 38.8 Å². The topological polar surface area (TPSA) is 84.9 Å². The summed E-state index contributed by atoms with van der Waals surface area (Å²) in [6, 6.07) is 18.3. The Morgan fingerprint density at radius 2 is 1.46 bits per heavy atom. The molecule has 35 heavy (non-hydrogen) atoms. The summed E-state index contributed by atoms with van der Waals surface area (Å²) in [6.07, 6.45) is 0. The molecule has 0 aromatic heterocycles. The minimum Gasteiger partial charge on any atom is -0.496 e. The van der Waals surface area contributed by atoms with E-state index in [1.54, 1.807) is 46.3 Å². The van der Waals surface area contributed by atoms with Gasteiger partial charge in [0.25, 0.3) is 0 Å². The number of aryl methyl sites for hydroxylation is 3. The molecule has 0 aliphatic carbocycles. The SMILES string of the molecule is COc1cccc(OC)c1CNC(=O)CN(Cc1ccccc1)S(=O)(=O)c1c(C)cc(C)cc1C. The number of carbonyl (C=O) groups excluding carboxylic acids is 1. The monoisotopic (exact) mass is 496 g/mol. The highest BCUT2D eigenvalue weighted by atomic mass is 32.2. The van der Waals surface area contributed by atoms with Crippen LogP contribution in [-0.4, -0.2) is 39.4 Å². The zero-order valence-electron chi connectivity index (χ0n) is 20.8. The first-order valence-corrected chi connectivity index (χ1v) is 12.7. The molecule has 0 heterocycles. The number of amides is 1. The van der Waals surface area contributed by atoms with Gasteiger partial charge in [-0.2, -0.15) is 4.31 Å². The van der Waals surface area contributed by atoms with E-state index < -0.39 is 15.9 Å². The number of benzene rings is 3. The van der Waals surface area contributed by atoms with Crippen LogP contribution in [0.15, 0.2) is 65.6 Å². The van der Waals surface area contributed by atoms with Crippen LogP contribution in [0, 0.1) is 20.8 Å². The Hall–Kier alpha value is -3.36. The standard InChI is InChI=1S/C27H32N2O5S/c1-19-14-20(2)27(21(3)15-19)35(31,32)29(17-22-10-7-6-8-11-22)18-26(30)28-16-23-24(33-4)12-9-13-25(23)34-5/h6-15H,16-18H2,1-5H3,(H,28,30). The molecule has 3 aromatic rings. The molecule has 0 atom stereocenters. The molecule has 7 nitrogen and oxygen atoms in total. The number of nitrogens with one attached hydrogen (secondary N) is 1. The van der Waals surface area contributed by atoms with E-state index in [0.29, 0.717) is 28.2 Å². The maximum absolute atomic E-state index is 13.8. The van der Waals surface area contributed by atoms with Crippen molar-refractivity contribution in [2.24, 2.45) is 0 Å². The maximum atomic E-state index is 13.8. The van der Waals surface area contributed by atoms with E-state index in [2.05, 4.69) is 5.32 Å². The Bertz CT molecular complexity index is 1240. The van der Waals surface area contributed by atoms with Gasteiger partial charge in [-0.25, -0.2) is 8.42 Å². The first-order chi connectivity index (χ1) is 16.7. The van der Waals surface area contributed by atoms with Crippen molar-refractivity contribution >= 4 is 15.9 Å². The number of hydrogen-bond donors (Lipinski definition) is 1. The molecule has 8 heteroatoms. The fourth-order valence-corrected chi connectivity index (χ4v) is 6.02. The highest BCUT2D eigenvalue weighted by molar-refractivity contribution is 7.89. The molecule has 1 N–H and O–H groups in total. The average Bonchev–Trinajstić information content (AvgIpc) is 2.81. The second-order valence-corrected chi connectivity index (χ2v) is 10.3. The lowest BCUT2D eigenvalue weighted by atomic mass is 10.1. The molecule has 0 unspecified atom stereocenters. The molecule has 0 saturated carbocycles. The van der Waals surface area contributed by atoms with Crippen molar-refractivity contribution in [1.29, 1.82) is 0 Å². The summed E-state index contributed by atoms with van der Waals surface area (Å²) >= 11 is 0. The van der Waals surface area contributed by atoms with Gasteiger partial charge < -0.3 is 14.8 Å². The molecular weight excluding hydrogens is 464 g/mol. The van der Waals surface area contributed by atoms with Crippen LogP contribution in [0.4, 0.5) is 0 Å². The fourth-order valence-electron chi connectivity index (χ4n) is 4.22. The summed E-state index contributed by atoms with van der Waals surface area (Å²) in [6.45, 7) is 5.36. The van der Waals surface area contributed by atoms with Gasteiger partial charge in [0.1, 0.15) is 11.5 Å². The summed E-state index contributed by atoms with van der Waals surface area (Å²) in [5, 5.41) is 2.82. The predicted molar refractivity (Wildman–Crippen MR) is 136 cm³/mol. The normalized spacial score (nSPS) is 11.4. The van der Waals surface area contributed by atoms with Crippen LogP contribution < -0.4 is 14.8 Å². The highest BCUT2D eigenvalue weighted by Gasteiger charge is 2.30. The molecule has 0 aliphatic heterocycles. The van der Waals surface area contributed by atoms with Crippen LogP contribution in [0.25, 0.3) is 0 Å². The lowest BCUT2D eigenvalue weighted by Crippen LogP contribution is -2.40. The third kappa shape index (κ3) is 6.21. The number of methoxy groups -OCH3 is 2. The van der Waals surface area contributed by atoms with E-state index in [1.165, 1.54) is 4.31 Å². The van der Waals surface area contributed by atoms with Gasteiger partial charge in [0.05, 0.1) is 37.8 Å². The smallest absolute Gasteiger partial charge is 0.244 e. The predicted octanol–water partition coefficient (Wildman–Crippen LogP) is 4.14.